The molecule has 0 saturated carbocycles. The van der Waals surface area contributed by atoms with Crippen LogP contribution in [0.1, 0.15) is 85.2 Å². The Morgan fingerprint density at radius 2 is 1.11 bits per heavy atom. The number of carbonyl (C=O) groups is 2. The topological polar surface area (TPSA) is 90.3 Å². The Bertz CT molecular complexity index is 976. The molecule has 2 N–H and O–H groups in total. The highest BCUT2D eigenvalue weighted by atomic mass is 16.5. The Morgan fingerprint density at radius 1 is 0.722 bits per heavy atom. The van der Waals surface area contributed by atoms with E-state index in [1.54, 1.807) is 24.3 Å². The van der Waals surface area contributed by atoms with Crippen LogP contribution < -0.4 is 4.74 Å². The average molecular weight is 497 g/mol. The van der Waals surface area contributed by atoms with E-state index in [9.17, 15) is 19.8 Å². The Kier molecular flexibility index (Phi) is 9.51. The molecule has 0 bridgehead atoms. The quantitative estimate of drug-likeness (QED) is 0.346. The lowest BCUT2D eigenvalue weighted by Gasteiger charge is -2.43. The van der Waals surface area contributed by atoms with Gasteiger partial charge in [-0.15, -0.1) is 0 Å². The van der Waals surface area contributed by atoms with Gasteiger partial charge in [0.05, 0.1) is 11.1 Å². The zero-order valence-electron chi connectivity index (χ0n) is 22.0. The van der Waals surface area contributed by atoms with Gasteiger partial charge in [0.1, 0.15) is 11.5 Å². The second-order valence-electron chi connectivity index (χ2n) is 9.41. The molecule has 0 unspecified atom stereocenters. The van der Waals surface area contributed by atoms with Crippen LogP contribution in [-0.2, 0) is 5.41 Å². The van der Waals surface area contributed by atoms with E-state index in [-0.39, 0.29) is 11.1 Å². The third-order valence-electron chi connectivity index (χ3n) is 7.63. The van der Waals surface area contributed by atoms with Gasteiger partial charge in [-0.25, -0.2) is 9.59 Å². The lowest BCUT2D eigenvalue weighted by Crippen LogP contribution is -2.37. The number of benzene rings is 2. The molecule has 0 saturated heterocycles. The van der Waals surface area contributed by atoms with Gasteiger partial charge in [0.25, 0.3) is 0 Å². The highest BCUT2D eigenvalue weighted by Crippen LogP contribution is 2.55. The molecule has 0 atom stereocenters. The first kappa shape index (κ1) is 27.7. The molecule has 0 spiro atoms. The summed E-state index contributed by atoms with van der Waals surface area (Å²) in [5.74, 6) is -1.03. The first-order valence-corrected chi connectivity index (χ1v) is 13.2. The van der Waals surface area contributed by atoms with Crippen LogP contribution in [-0.4, -0.2) is 71.2 Å². The van der Waals surface area contributed by atoms with Gasteiger partial charge >= 0.3 is 11.9 Å². The van der Waals surface area contributed by atoms with Crippen LogP contribution in [0.2, 0.25) is 0 Å². The standard InChI is InChI=1S/C29H40N2O5/c1-5-30(6-2)19-11-17-29(18-12-20-31(7-3)8-4)25-21(27(32)33)13-9-15-23(25)36-24-16-10-14-22(26(24)29)28(34)35/h9-10,13-16H,5-8,11-12,17-20H2,1-4H3,(H,32,33)(H,34,35). The summed E-state index contributed by atoms with van der Waals surface area (Å²) in [6, 6.07) is 10.2. The monoisotopic (exact) mass is 496 g/mol. The van der Waals surface area contributed by atoms with Crippen molar-refractivity contribution in [3.63, 3.8) is 0 Å². The molecule has 0 radical (unpaired) electrons. The molecule has 0 fully saturated rings. The van der Waals surface area contributed by atoms with Crippen molar-refractivity contribution in [2.75, 3.05) is 39.3 Å². The van der Waals surface area contributed by atoms with E-state index in [0.717, 1.165) is 52.1 Å². The molecular weight excluding hydrogens is 456 g/mol. The van der Waals surface area contributed by atoms with Crippen LogP contribution in [0, 0.1) is 0 Å². The Labute approximate surface area is 214 Å². The summed E-state index contributed by atoms with van der Waals surface area (Å²) in [7, 11) is 0. The van der Waals surface area contributed by atoms with Gasteiger partial charge in [-0.2, -0.15) is 0 Å². The van der Waals surface area contributed by atoms with Crippen molar-refractivity contribution in [2.45, 2.75) is 58.8 Å². The van der Waals surface area contributed by atoms with Crippen LogP contribution >= 0.6 is 0 Å². The molecule has 3 rings (SSSR count). The van der Waals surface area contributed by atoms with Gasteiger partial charge in [-0.05, 0) is 89.2 Å². The number of rotatable bonds is 14. The molecule has 0 aromatic heterocycles. The maximum absolute atomic E-state index is 12.5. The maximum Gasteiger partial charge on any atom is 0.336 e. The third-order valence-corrected chi connectivity index (χ3v) is 7.63. The van der Waals surface area contributed by atoms with Crippen molar-refractivity contribution in [1.29, 1.82) is 0 Å². The van der Waals surface area contributed by atoms with E-state index in [2.05, 4.69) is 37.5 Å². The zero-order chi connectivity index (χ0) is 26.3. The van der Waals surface area contributed by atoms with Crippen LogP contribution in [0.5, 0.6) is 11.5 Å². The van der Waals surface area contributed by atoms with Gasteiger partial charge < -0.3 is 24.7 Å². The number of hydrogen-bond acceptors (Lipinski definition) is 5. The first-order chi connectivity index (χ1) is 17.3. The number of fused-ring (bicyclic) bond motifs is 2. The third kappa shape index (κ3) is 5.57. The fraction of sp³-hybridized carbons (Fsp3) is 0.517. The zero-order valence-corrected chi connectivity index (χ0v) is 22.0. The van der Waals surface area contributed by atoms with E-state index in [0.29, 0.717) is 35.5 Å². The molecule has 1 heterocycles. The molecule has 2 aromatic carbocycles. The number of carboxylic acid groups (broad SMARTS) is 2. The average Bonchev–Trinajstić information content (AvgIpc) is 2.88. The summed E-state index contributed by atoms with van der Waals surface area (Å²) in [6.45, 7) is 14.0. The van der Waals surface area contributed by atoms with Gasteiger partial charge in [0.15, 0.2) is 0 Å². The maximum atomic E-state index is 12.5. The van der Waals surface area contributed by atoms with Crippen molar-refractivity contribution in [2.24, 2.45) is 0 Å². The van der Waals surface area contributed by atoms with Crippen LogP contribution in [0.4, 0.5) is 0 Å². The number of nitrogens with zero attached hydrogens (tertiary/aromatic N) is 2. The summed E-state index contributed by atoms with van der Waals surface area (Å²) < 4.78 is 6.21. The molecule has 7 nitrogen and oxygen atoms in total. The van der Waals surface area contributed by atoms with Gasteiger partial charge in [0.2, 0.25) is 0 Å². The predicted octanol–water partition coefficient (Wildman–Crippen LogP) is 5.72. The fourth-order valence-electron chi connectivity index (χ4n) is 5.73. The lowest BCUT2D eigenvalue weighted by atomic mass is 9.64. The van der Waals surface area contributed by atoms with Crippen molar-refractivity contribution in [3.05, 3.63) is 58.7 Å². The van der Waals surface area contributed by atoms with Gasteiger partial charge in [-0.3, -0.25) is 0 Å². The molecule has 0 amide bonds. The van der Waals surface area contributed by atoms with E-state index in [4.69, 9.17) is 4.74 Å². The predicted molar refractivity (Wildman–Crippen MR) is 142 cm³/mol. The molecule has 2 aromatic rings. The fourth-order valence-corrected chi connectivity index (χ4v) is 5.73. The summed E-state index contributed by atoms with van der Waals surface area (Å²) in [6.07, 6.45) is 2.90. The van der Waals surface area contributed by atoms with Crippen LogP contribution in [0.3, 0.4) is 0 Å². The molecule has 0 aliphatic carbocycles. The second-order valence-corrected chi connectivity index (χ2v) is 9.41. The molecule has 36 heavy (non-hydrogen) atoms. The number of ether oxygens (including phenoxy) is 1. The highest BCUT2D eigenvalue weighted by Gasteiger charge is 2.46. The normalized spacial score (nSPS) is 13.8. The number of hydrogen-bond donors (Lipinski definition) is 2. The summed E-state index contributed by atoms with van der Waals surface area (Å²) in [5, 5.41) is 20.4. The second kappa shape index (κ2) is 12.4. The first-order valence-electron chi connectivity index (χ1n) is 13.2. The molecule has 1 aliphatic rings. The Hall–Kier alpha value is -2.90. The minimum absolute atomic E-state index is 0.184. The van der Waals surface area contributed by atoms with E-state index in [1.807, 2.05) is 12.1 Å². The van der Waals surface area contributed by atoms with E-state index >= 15 is 0 Å². The van der Waals surface area contributed by atoms with Crippen molar-refractivity contribution in [3.8, 4) is 11.5 Å². The Morgan fingerprint density at radius 3 is 1.44 bits per heavy atom. The summed E-state index contributed by atoms with van der Waals surface area (Å²) in [4.78, 5) is 29.6. The number of aromatic carboxylic acids is 2. The lowest BCUT2D eigenvalue weighted by molar-refractivity contribution is 0.0686. The largest absolute Gasteiger partial charge is 0.478 e. The minimum atomic E-state index is -1.02. The summed E-state index contributed by atoms with van der Waals surface area (Å²) in [5.41, 5.74) is 0.802. The molecular formula is C29H40N2O5. The Balaban J connectivity index is 2.22. The highest BCUT2D eigenvalue weighted by molar-refractivity contribution is 5.94. The molecule has 196 valence electrons. The van der Waals surface area contributed by atoms with E-state index < -0.39 is 17.4 Å². The summed E-state index contributed by atoms with van der Waals surface area (Å²) >= 11 is 0. The molecule has 7 heteroatoms. The van der Waals surface area contributed by atoms with Crippen molar-refractivity contribution in [1.82, 2.24) is 9.80 Å². The van der Waals surface area contributed by atoms with Crippen molar-refractivity contribution >= 4 is 11.9 Å². The molecule has 1 aliphatic heterocycles. The van der Waals surface area contributed by atoms with Gasteiger partial charge in [-0.1, -0.05) is 39.8 Å². The van der Waals surface area contributed by atoms with Crippen LogP contribution in [0.25, 0.3) is 0 Å². The minimum Gasteiger partial charge on any atom is -0.478 e. The number of carboxylic acids is 2. The van der Waals surface area contributed by atoms with Gasteiger partial charge in [0, 0.05) is 16.5 Å². The SMILES string of the molecule is CCN(CC)CCCC1(CCCN(CC)CC)c2c(cccc2C(=O)O)Oc2cccc(C(=O)O)c21. The smallest absolute Gasteiger partial charge is 0.336 e. The van der Waals surface area contributed by atoms with Crippen LogP contribution in [0.15, 0.2) is 36.4 Å². The van der Waals surface area contributed by atoms with E-state index in [1.165, 1.54) is 0 Å². The van der Waals surface area contributed by atoms with Crippen molar-refractivity contribution < 1.29 is 24.5 Å².